The third-order valence-corrected chi connectivity index (χ3v) is 5.32. The van der Waals surface area contributed by atoms with Crippen LogP contribution >= 0.6 is 11.6 Å². The van der Waals surface area contributed by atoms with E-state index >= 15 is 0 Å². The molecular formula is C23H26ClN5O. The molecule has 0 N–H and O–H groups in total. The predicted octanol–water partition coefficient (Wildman–Crippen LogP) is 4.07. The van der Waals surface area contributed by atoms with Crippen LogP contribution < -0.4 is 9.64 Å². The van der Waals surface area contributed by atoms with Crippen molar-refractivity contribution < 1.29 is 4.74 Å². The van der Waals surface area contributed by atoms with Gasteiger partial charge >= 0.3 is 0 Å². The Morgan fingerprint density at radius 2 is 1.87 bits per heavy atom. The molecule has 3 heterocycles. The first-order valence-electron chi connectivity index (χ1n) is 9.91. The van der Waals surface area contributed by atoms with Gasteiger partial charge in [-0.15, -0.1) is 0 Å². The number of aromatic nitrogens is 3. The van der Waals surface area contributed by atoms with Gasteiger partial charge in [-0.25, -0.2) is 4.98 Å². The van der Waals surface area contributed by atoms with E-state index in [0.29, 0.717) is 11.8 Å². The summed E-state index contributed by atoms with van der Waals surface area (Å²) in [6, 6.07) is 12.0. The van der Waals surface area contributed by atoms with E-state index in [2.05, 4.69) is 46.2 Å². The molecule has 6 nitrogen and oxygen atoms in total. The first-order valence-corrected chi connectivity index (χ1v) is 10.3. The lowest BCUT2D eigenvalue weighted by Crippen LogP contribution is -2.24. The minimum atomic E-state index is 0.496. The number of benzene rings is 1. The fourth-order valence-electron chi connectivity index (χ4n) is 3.58. The number of fused-ring (bicyclic) bond motifs is 1. The van der Waals surface area contributed by atoms with E-state index in [1.807, 2.05) is 50.1 Å². The highest BCUT2D eigenvalue weighted by Gasteiger charge is 2.21. The second-order valence-electron chi connectivity index (χ2n) is 7.81. The van der Waals surface area contributed by atoms with Crippen LogP contribution in [0.2, 0.25) is 5.15 Å². The molecule has 0 amide bonds. The Bertz CT molecular complexity index is 1070. The highest BCUT2D eigenvalue weighted by Crippen LogP contribution is 2.35. The lowest BCUT2D eigenvalue weighted by Gasteiger charge is -2.27. The van der Waals surface area contributed by atoms with Crippen molar-refractivity contribution in [2.24, 2.45) is 7.05 Å². The summed E-state index contributed by atoms with van der Waals surface area (Å²) in [6.45, 7) is 2.32. The molecule has 0 spiro atoms. The Labute approximate surface area is 182 Å². The molecule has 7 heteroatoms. The van der Waals surface area contributed by atoms with Crippen LogP contribution in [0, 0.1) is 0 Å². The molecule has 1 aromatic carbocycles. The van der Waals surface area contributed by atoms with E-state index in [1.54, 1.807) is 0 Å². The van der Waals surface area contributed by atoms with Crippen LogP contribution in [-0.2, 0) is 7.05 Å². The van der Waals surface area contributed by atoms with Crippen molar-refractivity contribution in [3.8, 4) is 17.0 Å². The Kier molecular flexibility index (Phi) is 5.79. The molecule has 2 aromatic heterocycles. The number of ether oxygens (including phenoxy) is 1. The minimum absolute atomic E-state index is 0.496. The monoisotopic (exact) mass is 423 g/mol. The number of hydrogen-bond donors (Lipinski definition) is 0. The molecule has 0 unspecified atom stereocenters. The van der Waals surface area contributed by atoms with Gasteiger partial charge in [0.1, 0.15) is 17.5 Å². The number of nitrogens with zero attached hydrogens (tertiary/aromatic N) is 5. The summed E-state index contributed by atoms with van der Waals surface area (Å²) in [5.41, 5.74) is 6.21. The molecule has 30 heavy (non-hydrogen) atoms. The largest absolute Gasteiger partial charge is 0.492 e. The first kappa shape index (κ1) is 20.4. The summed E-state index contributed by atoms with van der Waals surface area (Å²) in [6.07, 6.45) is 4.17. The van der Waals surface area contributed by atoms with Crippen LogP contribution in [0.25, 0.3) is 22.9 Å². The van der Waals surface area contributed by atoms with Gasteiger partial charge in [-0.05, 0) is 62.1 Å². The summed E-state index contributed by atoms with van der Waals surface area (Å²) in [4.78, 5) is 8.79. The zero-order chi connectivity index (χ0) is 21.3. The Hall–Kier alpha value is -2.83. The van der Waals surface area contributed by atoms with Crippen LogP contribution in [0.5, 0.6) is 5.75 Å². The Morgan fingerprint density at radius 3 is 2.60 bits per heavy atom. The van der Waals surface area contributed by atoms with E-state index in [0.717, 1.165) is 52.6 Å². The standard InChI is InChI=1S/C23H26ClN5O/c1-27(2)11-12-30-18-7-5-16(6-8-18)23-19(15-29(4)26-23)17-13-20-21(28(3)14-17)9-10-22(24)25-20/h5-10,13,15H,11-12,14H2,1-4H3. The molecule has 156 valence electrons. The molecule has 0 saturated heterocycles. The van der Waals surface area contributed by atoms with Gasteiger partial charge in [-0.2, -0.15) is 5.10 Å². The van der Waals surface area contributed by atoms with Crippen LogP contribution in [0.15, 0.2) is 42.6 Å². The summed E-state index contributed by atoms with van der Waals surface area (Å²) in [7, 11) is 8.09. The molecular weight excluding hydrogens is 398 g/mol. The lowest BCUT2D eigenvalue weighted by atomic mass is 9.97. The second-order valence-corrected chi connectivity index (χ2v) is 8.19. The lowest BCUT2D eigenvalue weighted by molar-refractivity contribution is 0.261. The molecule has 0 saturated carbocycles. The third-order valence-electron chi connectivity index (χ3n) is 5.11. The maximum atomic E-state index is 6.13. The summed E-state index contributed by atoms with van der Waals surface area (Å²) >= 11 is 6.13. The fraction of sp³-hybridized carbons (Fsp3) is 0.304. The van der Waals surface area contributed by atoms with Gasteiger partial charge in [0.15, 0.2) is 0 Å². The van der Waals surface area contributed by atoms with Gasteiger partial charge in [-0.1, -0.05) is 11.6 Å². The number of likely N-dealkylation sites (N-methyl/N-ethyl adjacent to an activating group) is 2. The number of pyridine rings is 1. The molecule has 0 bridgehead atoms. The Balaban J connectivity index is 1.63. The van der Waals surface area contributed by atoms with Gasteiger partial charge in [-0.3, -0.25) is 4.68 Å². The van der Waals surface area contributed by atoms with E-state index in [9.17, 15) is 0 Å². The van der Waals surface area contributed by atoms with Crippen molar-refractivity contribution >= 4 is 28.9 Å². The van der Waals surface area contributed by atoms with Crippen molar-refractivity contribution in [1.82, 2.24) is 19.7 Å². The molecule has 0 atom stereocenters. The first-order chi connectivity index (χ1) is 14.4. The van der Waals surface area contributed by atoms with Gasteiger partial charge in [0.05, 0.1) is 17.1 Å². The van der Waals surface area contributed by atoms with Crippen molar-refractivity contribution in [3.05, 3.63) is 59.0 Å². The maximum absolute atomic E-state index is 6.13. The quantitative estimate of drug-likeness (QED) is 0.559. The van der Waals surface area contributed by atoms with Crippen molar-refractivity contribution in [1.29, 1.82) is 0 Å². The van der Waals surface area contributed by atoms with Crippen molar-refractivity contribution in [2.45, 2.75) is 0 Å². The zero-order valence-electron chi connectivity index (χ0n) is 17.8. The number of hydrogen-bond acceptors (Lipinski definition) is 5. The second kappa shape index (κ2) is 8.50. The van der Waals surface area contributed by atoms with Crippen LogP contribution in [0.4, 0.5) is 5.69 Å². The zero-order valence-corrected chi connectivity index (χ0v) is 18.5. The topological polar surface area (TPSA) is 46.4 Å². The number of aryl methyl sites for hydroxylation is 1. The SMILES string of the molecule is CN(C)CCOc1ccc(-c2nn(C)cc2C2=Cc3nc(Cl)ccc3N(C)C2)cc1. The molecule has 1 aliphatic rings. The molecule has 3 aromatic rings. The molecule has 1 aliphatic heterocycles. The average Bonchev–Trinajstić information content (AvgIpc) is 3.09. The highest BCUT2D eigenvalue weighted by atomic mass is 35.5. The minimum Gasteiger partial charge on any atom is -0.492 e. The normalized spacial score (nSPS) is 13.4. The number of anilines is 1. The van der Waals surface area contributed by atoms with E-state index in [4.69, 9.17) is 21.4 Å². The molecule has 0 fully saturated rings. The van der Waals surface area contributed by atoms with Gasteiger partial charge < -0.3 is 14.5 Å². The summed E-state index contributed by atoms with van der Waals surface area (Å²) < 4.78 is 7.67. The third kappa shape index (κ3) is 4.35. The average molecular weight is 424 g/mol. The van der Waals surface area contributed by atoms with E-state index < -0.39 is 0 Å². The molecule has 4 rings (SSSR count). The number of halogens is 1. The van der Waals surface area contributed by atoms with Crippen LogP contribution in [-0.4, -0.2) is 60.5 Å². The van der Waals surface area contributed by atoms with Crippen LogP contribution in [0.1, 0.15) is 11.3 Å². The van der Waals surface area contributed by atoms with Gasteiger partial charge in [0.25, 0.3) is 0 Å². The summed E-state index contributed by atoms with van der Waals surface area (Å²) in [5, 5.41) is 5.23. The van der Waals surface area contributed by atoms with Crippen molar-refractivity contribution in [2.75, 3.05) is 45.7 Å². The predicted molar refractivity (Wildman–Crippen MR) is 123 cm³/mol. The number of rotatable bonds is 6. The molecule has 0 radical (unpaired) electrons. The smallest absolute Gasteiger partial charge is 0.129 e. The maximum Gasteiger partial charge on any atom is 0.129 e. The van der Waals surface area contributed by atoms with Crippen LogP contribution in [0.3, 0.4) is 0 Å². The molecule has 0 aliphatic carbocycles. The Morgan fingerprint density at radius 1 is 1.10 bits per heavy atom. The summed E-state index contributed by atoms with van der Waals surface area (Å²) in [5.74, 6) is 0.863. The highest BCUT2D eigenvalue weighted by molar-refractivity contribution is 6.29. The van der Waals surface area contributed by atoms with Crippen molar-refractivity contribution in [3.63, 3.8) is 0 Å². The fourth-order valence-corrected chi connectivity index (χ4v) is 3.73. The van der Waals surface area contributed by atoms with E-state index in [-0.39, 0.29) is 0 Å². The van der Waals surface area contributed by atoms with Gasteiger partial charge in [0.2, 0.25) is 0 Å². The van der Waals surface area contributed by atoms with Gasteiger partial charge in [0, 0.05) is 44.5 Å². The van der Waals surface area contributed by atoms with E-state index in [1.165, 1.54) is 0 Å².